The molecular formula is C10H10N4O7. The van der Waals surface area contributed by atoms with E-state index in [1.54, 1.807) is 5.32 Å². The van der Waals surface area contributed by atoms with Gasteiger partial charge >= 0.3 is 18.0 Å². The van der Waals surface area contributed by atoms with Crippen molar-refractivity contribution < 1.29 is 33.9 Å². The Kier molecular flexibility index (Phi) is 3.33. The summed E-state index contributed by atoms with van der Waals surface area (Å²) in [6.07, 6.45) is -0.965. The molecule has 0 aromatic rings. The first-order chi connectivity index (χ1) is 9.74. The topological polar surface area (TPSA) is 162 Å². The molecule has 0 spiro atoms. The van der Waals surface area contributed by atoms with Crippen LogP contribution in [0.25, 0.3) is 0 Å². The van der Waals surface area contributed by atoms with Crippen LogP contribution in [-0.2, 0) is 19.2 Å². The highest BCUT2D eigenvalue weighted by molar-refractivity contribution is 6.23. The molecule has 11 heteroatoms. The fraction of sp³-hybridized carbons (Fsp3) is 0.400. The summed E-state index contributed by atoms with van der Waals surface area (Å²) in [5, 5.41) is 14.5. The van der Waals surface area contributed by atoms with E-state index in [4.69, 9.17) is 5.11 Å². The van der Waals surface area contributed by atoms with Gasteiger partial charge in [0.15, 0.2) is 11.3 Å². The fourth-order valence-electron chi connectivity index (χ4n) is 2.06. The molecule has 2 heterocycles. The molecule has 2 aliphatic heterocycles. The van der Waals surface area contributed by atoms with Gasteiger partial charge in [0.1, 0.15) is 6.54 Å². The van der Waals surface area contributed by atoms with Crippen LogP contribution < -0.4 is 16.0 Å². The van der Waals surface area contributed by atoms with Crippen molar-refractivity contribution in [3.63, 3.8) is 0 Å². The number of carbonyl (C=O) groups is 6. The number of imide groups is 2. The summed E-state index contributed by atoms with van der Waals surface area (Å²) in [7, 11) is 0. The molecular weight excluding hydrogens is 288 g/mol. The van der Waals surface area contributed by atoms with Gasteiger partial charge in [-0.15, -0.1) is 0 Å². The minimum atomic E-state index is -2.28. The lowest BCUT2D eigenvalue weighted by Crippen LogP contribution is -2.58. The highest BCUT2D eigenvalue weighted by Gasteiger charge is 2.54. The standard InChI is InChI=1S/C10H10N4O7/c15-4(2-14-3-5(16)11-9(14)21)10(1-6(17)18)7(19)12-8(20)13-10/h1-3H2,(H,17,18)(H,11,16,21)(H2,12,13,19,20). The predicted molar refractivity (Wildman–Crippen MR) is 61.8 cm³/mol. The number of carboxylic acid groups (broad SMARTS) is 1. The van der Waals surface area contributed by atoms with Gasteiger partial charge < -0.3 is 15.3 Å². The Morgan fingerprint density at radius 1 is 1.19 bits per heavy atom. The van der Waals surface area contributed by atoms with Gasteiger partial charge in [0.05, 0.1) is 13.0 Å². The number of carbonyl (C=O) groups excluding carboxylic acids is 5. The summed E-state index contributed by atoms with van der Waals surface area (Å²) < 4.78 is 0. The Morgan fingerprint density at radius 2 is 1.86 bits per heavy atom. The molecule has 0 aliphatic carbocycles. The predicted octanol–water partition coefficient (Wildman–Crippen LogP) is -2.84. The van der Waals surface area contributed by atoms with Crippen LogP contribution in [0, 0.1) is 0 Å². The van der Waals surface area contributed by atoms with E-state index in [2.05, 4.69) is 0 Å². The average molecular weight is 298 g/mol. The van der Waals surface area contributed by atoms with E-state index < -0.39 is 54.1 Å². The number of nitrogens with zero attached hydrogens (tertiary/aromatic N) is 1. The lowest BCUT2D eigenvalue weighted by Gasteiger charge is -2.24. The van der Waals surface area contributed by atoms with Gasteiger partial charge in [0, 0.05) is 0 Å². The van der Waals surface area contributed by atoms with Crippen LogP contribution >= 0.6 is 0 Å². The Bertz CT molecular complexity index is 586. The molecule has 1 atom stereocenters. The highest BCUT2D eigenvalue weighted by Crippen LogP contribution is 2.18. The zero-order valence-electron chi connectivity index (χ0n) is 10.5. The first-order valence-corrected chi connectivity index (χ1v) is 5.72. The van der Waals surface area contributed by atoms with Crippen LogP contribution in [0.1, 0.15) is 6.42 Å². The smallest absolute Gasteiger partial charge is 0.324 e. The molecule has 0 bridgehead atoms. The molecule has 0 radical (unpaired) electrons. The molecule has 2 fully saturated rings. The number of hydrogen-bond donors (Lipinski definition) is 4. The molecule has 1 unspecified atom stereocenters. The van der Waals surface area contributed by atoms with Gasteiger partial charge in [0.2, 0.25) is 5.91 Å². The Labute approximate surface area is 116 Å². The molecule has 2 aliphatic rings. The lowest BCUT2D eigenvalue weighted by atomic mass is 9.89. The number of nitrogens with one attached hydrogen (secondary N) is 3. The zero-order valence-corrected chi connectivity index (χ0v) is 10.5. The third kappa shape index (κ3) is 2.52. The van der Waals surface area contributed by atoms with Gasteiger partial charge in [-0.3, -0.25) is 29.8 Å². The highest BCUT2D eigenvalue weighted by atomic mass is 16.4. The number of aliphatic carboxylic acids is 1. The molecule has 11 nitrogen and oxygen atoms in total. The number of Topliss-reactive ketones (excluding diaryl/α,β-unsaturated/α-hetero) is 1. The number of hydrogen-bond acceptors (Lipinski definition) is 6. The van der Waals surface area contributed by atoms with Gasteiger partial charge in [-0.25, -0.2) is 9.59 Å². The maximum Gasteiger partial charge on any atom is 0.324 e. The third-order valence-corrected chi connectivity index (χ3v) is 3.04. The number of ketones is 1. The lowest BCUT2D eigenvalue weighted by molar-refractivity contribution is -0.146. The number of rotatable bonds is 5. The second-order valence-corrected chi connectivity index (χ2v) is 4.52. The molecule has 0 saturated carbocycles. The van der Waals surface area contributed by atoms with Crippen LogP contribution in [0.15, 0.2) is 0 Å². The molecule has 0 aromatic heterocycles. The summed E-state index contributed by atoms with van der Waals surface area (Å²) in [5.74, 6) is -4.22. The van der Waals surface area contributed by atoms with Crippen molar-refractivity contribution in [3.8, 4) is 0 Å². The van der Waals surface area contributed by atoms with E-state index in [9.17, 15) is 28.8 Å². The second-order valence-electron chi connectivity index (χ2n) is 4.52. The number of urea groups is 2. The number of carboxylic acids is 1. The van der Waals surface area contributed by atoms with Crippen molar-refractivity contribution >= 4 is 35.6 Å². The summed E-state index contributed by atoms with van der Waals surface area (Å²) in [6.45, 7) is -1.07. The second kappa shape index (κ2) is 4.85. The van der Waals surface area contributed by atoms with Crippen LogP contribution in [-0.4, -0.2) is 64.3 Å². The first-order valence-electron chi connectivity index (χ1n) is 5.72. The summed E-state index contributed by atoms with van der Waals surface area (Å²) in [5.41, 5.74) is -2.28. The van der Waals surface area contributed by atoms with Crippen molar-refractivity contribution in [2.75, 3.05) is 13.1 Å². The van der Waals surface area contributed by atoms with E-state index in [0.29, 0.717) is 0 Å². The molecule has 2 rings (SSSR count). The van der Waals surface area contributed by atoms with Gasteiger partial charge in [-0.1, -0.05) is 0 Å². The van der Waals surface area contributed by atoms with Crippen molar-refractivity contribution in [2.24, 2.45) is 0 Å². The average Bonchev–Trinajstić information content (AvgIpc) is 2.79. The van der Waals surface area contributed by atoms with E-state index in [1.165, 1.54) is 0 Å². The molecule has 0 aromatic carbocycles. The maximum atomic E-state index is 12.2. The maximum absolute atomic E-state index is 12.2. The van der Waals surface area contributed by atoms with Crippen molar-refractivity contribution in [3.05, 3.63) is 0 Å². The van der Waals surface area contributed by atoms with Crippen LogP contribution in [0.5, 0.6) is 0 Å². The van der Waals surface area contributed by atoms with Crippen molar-refractivity contribution in [1.82, 2.24) is 20.9 Å². The normalized spacial score (nSPS) is 24.7. The Morgan fingerprint density at radius 3 is 2.29 bits per heavy atom. The monoisotopic (exact) mass is 298 g/mol. The van der Waals surface area contributed by atoms with Gasteiger partial charge in [-0.05, 0) is 0 Å². The van der Waals surface area contributed by atoms with E-state index in [1.807, 2.05) is 10.6 Å². The quantitative estimate of drug-likeness (QED) is 0.314. The van der Waals surface area contributed by atoms with Crippen LogP contribution in [0.2, 0.25) is 0 Å². The number of amides is 6. The van der Waals surface area contributed by atoms with Crippen molar-refractivity contribution in [1.29, 1.82) is 0 Å². The molecule has 21 heavy (non-hydrogen) atoms. The summed E-state index contributed by atoms with van der Waals surface area (Å²) >= 11 is 0. The van der Waals surface area contributed by atoms with E-state index in [-0.39, 0.29) is 6.54 Å². The Balaban J connectivity index is 2.21. The Hall–Kier alpha value is -2.98. The van der Waals surface area contributed by atoms with Crippen LogP contribution in [0.4, 0.5) is 9.59 Å². The van der Waals surface area contributed by atoms with Gasteiger partial charge in [0.25, 0.3) is 5.91 Å². The van der Waals surface area contributed by atoms with E-state index >= 15 is 0 Å². The van der Waals surface area contributed by atoms with Crippen molar-refractivity contribution in [2.45, 2.75) is 12.0 Å². The van der Waals surface area contributed by atoms with E-state index in [0.717, 1.165) is 4.90 Å². The fourth-order valence-corrected chi connectivity index (χ4v) is 2.06. The van der Waals surface area contributed by atoms with Gasteiger partial charge in [-0.2, -0.15) is 0 Å². The summed E-state index contributed by atoms with van der Waals surface area (Å²) in [4.78, 5) is 69.1. The molecule has 112 valence electrons. The third-order valence-electron chi connectivity index (χ3n) is 3.04. The molecule has 6 amide bonds. The SMILES string of the molecule is O=C(O)CC1(C(=O)CN2CC(=O)NC2=O)NC(=O)NC1=O. The molecule has 2 saturated heterocycles. The largest absolute Gasteiger partial charge is 0.481 e. The summed E-state index contributed by atoms with van der Waals surface area (Å²) in [6, 6.07) is -1.83. The zero-order chi connectivity index (χ0) is 15.8. The minimum Gasteiger partial charge on any atom is -0.481 e. The minimum absolute atomic E-state index is 0.386. The van der Waals surface area contributed by atoms with Crippen LogP contribution in [0.3, 0.4) is 0 Å². The molecule has 4 N–H and O–H groups in total. The first kappa shape index (κ1) is 14.4.